The second-order valence-corrected chi connectivity index (χ2v) is 18.3. The second kappa shape index (κ2) is 25.6. The van der Waals surface area contributed by atoms with Crippen LogP contribution in [0.5, 0.6) is 0 Å². The van der Waals surface area contributed by atoms with E-state index in [0.717, 1.165) is 18.3 Å². The molecule has 62 heavy (non-hydrogen) atoms. The van der Waals surface area contributed by atoms with Crippen LogP contribution in [-0.2, 0) is 38.1 Å². The lowest BCUT2D eigenvalue weighted by Gasteiger charge is -2.47. The number of nitrogens with one attached hydrogen (secondary N) is 1. The number of allylic oxidation sites excluding steroid dienone is 5. The van der Waals surface area contributed by atoms with Gasteiger partial charge in [0.1, 0.15) is 18.2 Å². The first-order valence-corrected chi connectivity index (χ1v) is 22.3. The maximum absolute atomic E-state index is 14.4. The lowest BCUT2D eigenvalue weighted by molar-refractivity contribution is -0.302. The van der Waals surface area contributed by atoms with E-state index in [1.54, 1.807) is 35.2 Å². The number of ketones is 1. The highest BCUT2D eigenvalue weighted by Gasteiger charge is 2.56. The third kappa shape index (κ3) is 14.1. The average molecular weight is 879 g/mol. The molecule has 0 aromatic carbocycles. The number of amides is 1. The van der Waals surface area contributed by atoms with Crippen molar-refractivity contribution >= 4 is 23.4 Å². The van der Waals surface area contributed by atoms with Gasteiger partial charge in [0.05, 0.1) is 30.5 Å². The first kappa shape index (κ1) is 55.3. The summed E-state index contributed by atoms with van der Waals surface area (Å²) in [5.41, 5.74) is 3.25. The van der Waals surface area contributed by atoms with Gasteiger partial charge < -0.3 is 54.4 Å². The van der Waals surface area contributed by atoms with Crippen molar-refractivity contribution in [2.75, 3.05) is 35.0 Å². The van der Waals surface area contributed by atoms with Crippen LogP contribution in [0.4, 0.5) is 0 Å². The molecule has 2 bridgehead atoms. The van der Waals surface area contributed by atoms with Gasteiger partial charge in [-0.05, 0) is 109 Å². The molecule has 14 heteroatoms. The molecule has 1 saturated carbocycles. The van der Waals surface area contributed by atoms with E-state index < -0.39 is 77.9 Å². The number of methoxy groups -OCH3 is 3. The summed E-state index contributed by atoms with van der Waals surface area (Å²) in [7, 11) is 5.67. The number of aliphatic hydroxyl groups excluding tert-OH is 3. The van der Waals surface area contributed by atoms with Crippen LogP contribution in [0.1, 0.15) is 127 Å². The number of rotatable bonds is 7. The molecule has 3 aliphatic heterocycles. The normalized spacial score (nSPS) is 38.1. The topological polar surface area (TPSA) is 205 Å². The van der Waals surface area contributed by atoms with Crippen molar-refractivity contribution in [3.63, 3.8) is 0 Å². The monoisotopic (exact) mass is 879 g/mol. The summed E-state index contributed by atoms with van der Waals surface area (Å²) in [6, 6.07) is -1.12. The standard InChI is InChI=1S/C46H74N2O11.CH4O.CH4/c1-26(2)14-16-33-20-27(3)19-28(4)21-39(56-9)42-40(57-10)23-30(6)46(54,59-42)43(51)44(52)48-18-12-11-13-35(48)45(53)58-41(31(7)37(50)25-34(33)47)29(5)22-32-15-17-36(49)38(24-32)55-8;1-2;/h14,20,22,28,30-33,35-42,47,49-50,54H,11-13,15-19,21,23-25H2,1-10H3;2H,1H3;1H4/b27-20+,29-22+,47-34?;;/t28-,30+,31+,32-,33+,35-,36+,37-,38+,39-,40-,41+,42+,46+;;/m0../s1. The average Bonchev–Trinajstić information content (AvgIpc) is 3.24. The Bertz CT molecular complexity index is 1560. The van der Waals surface area contributed by atoms with Gasteiger partial charge in [0.15, 0.2) is 0 Å². The minimum Gasteiger partial charge on any atom is -0.456 e. The van der Waals surface area contributed by atoms with Gasteiger partial charge in [0, 0.05) is 64.9 Å². The van der Waals surface area contributed by atoms with E-state index in [1.807, 2.05) is 33.8 Å². The van der Waals surface area contributed by atoms with Crippen LogP contribution >= 0.6 is 0 Å². The molecule has 0 spiro atoms. The number of Topliss-reactive ketones (excluding diaryl/α,β-unsaturated/α-hetero) is 1. The number of fused-ring (bicyclic) bond motifs is 3. The highest BCUT2D eigenvalue weighted by Crippen LogP contribution is 2.39. The molecule has 14 nitrogen and oxygen atoms in total. The zero-order valence-corrected chi connectivity index (χ0v) is 38.7. The number of esters is 1. The number of hydrogen-bond acceptors (Lipinski definition) is 13. The van der Waals surface area contributed by atoms with Crippen LogP contribution in [0.15, 0.2) is 34.9 Å². The third-order valence-electron chi connectivity index (χ3n) is 13.3. The fourth-order valence-corrected chi connectivity index (χ4v) is 9.65. The van der Waals surface area contributed by atoms with Gasteiger partial charge in [-0.1, -0.05) is 57.6 Å². The Morgan fingerprint density at radius 2 is 1.53 bits per heavy atom. The molecule has 14 atom stereocenters. The second-order valence-electron chi connectivity index (χ2n) is 18.3. The molecule has 0 unspecified atom stereocenters. The van der Waals surface area contributed by atoms with Crippen LogP contribution in [0.3, 0.4) is 0 Å². The van der Waals surface area contributed by atoms with Gasteiger partial charge in [0.25, 0.3) is 11.7 Å². The van der Waals surface area contributed by atoms with Crippen molar-refractivity contribution in [3.05, 3.63) is 34.9 Å². The van der Waals surface area contributed by atoms with E-state index in [-0.39, 0.29) is 57.1 Å². The summed E-state index contributed by atoms with van der Waals surface area (Å²) >= 11 is 0. The summed E-state index contributed by atoms with van der Waals surface area (Å²) in [6.07, 6.45) is 6.55. The zero-order valence-electron chi connectivity index (χ0n) is 38.7. The lowest BCUT2D eigenvalue weighted by atomic mass is 9.81. The maximum atomic E-state index is 14.4. The molecule has 1 aliphatic carbocycles. The van der Waals surface area contributed by atoms with Gasteiger partial charge in [-0.2, -0.15) is 0 Å². The molecule has 3 fully saturated rings. The number of carbonyl (C=O) groups excluding carboxylic acids is 3. The van der Waals surface area contributed by atoms with Gasteiger partial charge in [-0.15, -0.1) is 0 Å². The number of cyclic esters (lactones) is 1. The Balaban J connectivity index is 0.00000434. The first-order valence-electron chi connectivity index (χ1n) is 22.3. The van der Waals surface area contributed by atoms with E-state index in [1.165, 1.54) is 4.90 Å². The molecule has 1 amide bonds. The molecule has 2 saturated heterocycles. The van der Waals surface area contributed by atoms with Crippen molar-refractivity contribution in [3.8, 4) is 0 Å². The van der Waals surface area contributed by atoms with Crippen LogP contribution in [-0.4, -0.2) is 138 Å². The summed E-state index contributed by atoms with van der Waals surface area (Å²) in [6.45, 7) is 13.6. The molecule has 356 valence electrons. The van der Waals surface area contributed by atoms with Crippen molar-refractivity contribution < 1.29 is 58.5 Å². The molecule has 4 rings (SSSR count). The highest BCUT2D eigenvalue weighted by molar-refractivity contribution is 6.39. The Kier molecular flexibility index (Phi) is 22.8. The molecule has 0 aromatic heterocycles. The number of carbonyl (C=O) groups is 3. The highest BCUT2D eigenvalue weighted by atomic mass is 16.7. The zero-order chi connectivity index (χ0) is 45.8. The van der Waals surface area contributed by atoms with Crippen LogP contribution in [0, 0.1) is 35.0 Å². The predicted octanol–water partition coefficient (Wildman–Crippen LogP) is 6.11. The van der Waals surface area contributed by atoms with Crippen molar-refractivity contribution in [1.82, 2.24) is 4.90 Å². The first-order chi connectivity index (χ1) is 28.8. The summed E-state index contributed by atoms with van der Waals surface area (Å²) < 4.78 is 30.0. The number of aliphatic hydroxyl groups is 4. The van der Waals surface area contributed by atoms with Gasteiger partial charge in [-0.3, -0.25) is 9.59 Å². The van der Waals surface area contributed by atoms with Crippen LogP contribution in [0.2, 0.25) is 0 Å². The number of ether oxygens (including phenoxy) is 5. The smallest absolute Gasteiger partial charge is 0.329 e. The minimum absolute atomic E-state index is 0. The molecule has 4 aliphatic rings. The minimum atomic E-state index is -2.50. The van der Waals surface area contributed by atoms with Crippen LogP contribution in [0.25, 0.3) is 0 Å². The molecule has 3 heterocycles. The summed E-state index contributed by atoms with van der Waals surface area (Å²) in [5.74, 6) is -7.08. The Labute approximate surface area is 371 Å². The fourth-order valence-electron chi connectivity index (χ4n) is 9.65. The van der Waals surface area contributed by atoms with Crippen LogP contribution < -0.4 is 0 Å². The maximum Gasteiger partial charge on any atom is 0.329 e. The van der Waals surface area contributed by atoms with Gasteiger partial charge >= 0.3 is 5.97 Å². The summed E-state index contributed by atoms with van der Waals surface area (Å²) in [5, 5.41) is 50.8. The van der Waals surface area contributed by atoms with E-state index >= 15 is 0 Å². The SMILES string of the molecule is C.CO.CO[C@H]1C[C@@H](C)C/C(C)=C/[C@@H](CC=C(C)C)C(=N)C[C@H](O)[C@@H](C)[C@@H](/C(C)=C/[C@@H]2CC[C@@H](O)[C@H](OC)C2)OC(=O)[C@@H]2CCCCN2C(=O)C(=O)[C@]2(O)O[C@H]1[C@@H](OC)C[C@H]2C. The third-order valence-corrected chi connectivity index (χ3v) is 13.3. The van der Waals surface area contributed by atoms with Gasteiger partial charge in [0.2, 0.25) is 5.79 Å². The van der Waals surface area contributed by atoms with Crippen molar-refractivity contribution in [1.29, 1.82) is 5.41 Å². The van der Waals surface area contributed by atoms with E-state index in [9.17, 15) is 35.1 Å². The molecule has 0 radical (unpaired) electrons. The fraction of sp³-hybridized carbons (Fsp3) is 0.792. The van der Waals surface area contributed by atoms with E-state index in [4.69, 9.17) is 28.8 Å². The number of hydrogen-bond donors (Lipinski definition) is 5. The van der Waals surface area contributed by atoms with Crippen molar-refractivity contribution in [2.24, 2.45) is 29.6 Å². The summed E-state index contributed by atoms with van der Waals surface area (Å²) in [4.78, 5) is 44.2. The lowest BCUT2D eigenvalue weighted by Crippen LogP contribution is -2.64. The molecule has 0 aromatic rings. The van der Waals surface area contributed by atoms with E-state index in [2.05, 4.69) is 19.1 Å². The van der Waals surface area contributed by atoms with Crippen molar-refractivity contribution in [2.45, 2.75) is 181 Å². The number of nitrogens with zero attached hydrogens (tertiary/aromatic N) is 1. The van der Waals surface area contributed by atoms with E-state index in [0.29, 0.717) is 62.7 Å². The van der Waals surface area contributed by atoms with Gasteiger partial charge in [-0.25, -0.2) is 4.79 Å². The number of piperidine rings is 1. The molecule has 5 N–H and O–H groups in total. The molecular weight excluding hydrogens is 797 g/mol. The quantitative estimate of drug-likeness (QED) is 0.112. The molecular formula is C48H82N2O12. The predicted molar refractivity (Wildman–Crippen MR) is 239 cm³/mol. The Morgan fingerprint density at radius 1 is 0.903 bits per heavy atom. The largest absolute Gasteiger partial charge is 0.456 e. The Hall–Kier alpha value is -2.82. The Morgan fingerprint density at radius 3 is 2.15 bits per heavy atom.